The third-order valence-electron chi connectivity index (χ3n) is 4.83. The highest BCUT2D eigenvalue weighted by atomic mass is 79.9. The molecule has 112 valence electrons. The van der Waals surface area contributed by atoms with E-state index in [1.54, 1.807) is 0 Å². The summed E-state index contributed by atoms with van der Waals surface area (Å²) in [5, 5.41) is 3.78. The molecule has 0 amide bonds. The molecule has 0 spiro atoms. The summed E-state index contributed by atoms with van der Waals surface area (Å²) in [5.74, 6) is 3.09. The summed E-state index contributed by atoms with van der Waals surface area (Å²) in [6.45, 7) is 10.6. The Hall–Kier alpha value is -0.340. The quantitative estimate of drug-likeness (QED) is 0.750. The van der Waals surface area contributed by atoms with Gasteiger partial charge in [-0.2, -0.15) is 0 Å². The number of hydrogen-bond acceptors (Lipinski definition) is 1. The van der Waals surface area contributed by atoms with Gasteiger partial charge in [0.2, 0.25) is 0 Å². The molecule has 1 aliphatic rings. The van der Waals surface area contributed by atoms with Crippen LogP contribution in [0.15, 0.2) is 28.7 Å². The molecule has 0 saturated heterocycles. The van der Waals surface area contributed by atoms with Crippen molar-refractivity contribution >= 4 is 15.9 Å². The Morgan fingerprint density at radius 3 is 2.10 bits per heavy atom. The Labute approximate surface area is 132 Å². The molecule has 0 radical (unpaired) electrons. The van der Waals surface area contributed by atoms with E-state index in [1.807, 2.05) is 0 Å². The van der Waals surface area contributed by atoms with E-state index in [1.165, 1.54) is 29.4 Å². The molecule has 1 saturated carbocycles. The first-order valence-electron chi connectivity index (χ1n) is 7.96. The predicted molar refractivity (Wildman–Crippen MR) is 91.1 cm³/mol. The van der Waals surface area contributed by atoms with Crippen molar-refractivity contribution in [2.24, 2.45) is 17.8 Å². The molecule has 0 unspecified atom stereocenters. The third-order valence-corrected chi connectivity index (χ3v) is 5.36. The minimum Gasteiger partial charge on any atom is -0.314 e. The van der Waals surface area contributed by atoms with Crippen LogP contribution in [0.25, 0.3) is 0 Å². The van der Waals surface area contributed by atoms with Crippen LogP contribution in [0.2, 0.25) is 0 Å². The van der Waals surface area contributed by atoms with E-state index >= 15 is 0 Å². The molecule has 1 aromatic carbocycles. The number of nitrogens with one attached hydrogen (secondary N) is 1. The van der Waals surface area contributed by atoms with Crippen LogP contribution in [0.1, 0.15) is 52.0 Å². The molecule has 1 N–H and O–H groups in total. The number of benzene rings is 1. The lowest BCUT2D eigenvalue weighted by Gasteiger charge is -2.38. The first-order chi connectivity index (χ1) is 9.47. The van der Waals surface area contributed by atoms with Gasteiger partial charge in [0, 0.05) is 10.5 Å². The second-order valence-corrected chi connectivity index (χ2v) is 7.89. The first-order valence-corrected chi connectivity index (χ1v) is 8.75. The van der Waals surface area contributed by atoms with E-state index < -0.39 is 0 Å². The molecule has 1 fully saturated rings. The molecular formula is C18H28BrN. The highest BCUT2D eigenvalue weighted by molar-refractivity contribution is 9.10. The van der Waals surface area contributed by atoms with Crippen molar-refractivity contribution in [1.82, 2.24) is 5.32 Å². The standard InChI is InChI=1S/C18H28BrN/c1-12(2)18(13(3)4)11-20-17-9-15(10-17)14-5-7-16(19)8-6-14/h5-8,12-13,15,17-18,20H,9-11H2,1-4H3. The van der Waals surface area contributed by atoms with E-state index in [-0.39, 0.29) is 0 Å². The normalized spacial score (nSPS) is 22.6. The van der Waals surface area contributed by atoms with Crippen LogP contribution in [0.3, 0.4) is 0 Å². The van der Waals surface area contributed by atoms with E-state index in [4.69, 9.17) is 0 Å². The largest absolute Gasteiger partial charge is 0.314 e. The zero-order valence-electron chi connectivity index (χ0n) is 13.2. The van der Waals surface area contributed by atoms with Gasteiger partial charge in [-0.25, -0.2) is 0 Å². The van der Waals surface area contributed by atoms with Crippen molar-refractivity contribution in [2.45, 2.75) is 52.5 Å². The van der Waals surface area contributed by atoms with E-state index in [2.05, 4.69) is 73.2 Å². The summed E-state index contributed by atoms with van der Waals surface area (Å²) >= 11 is 3.50. The molecule has 0 bridgehead atoms. The van der Waals surface area contributed by atoms with Crippen LogP contribution in [-0.4, -0.2) is 12.6 Å². The monoisotopic (exact) mass is 337 g/mol. The molecular weight excluding hydrogens is 310 g/mol. The van der Waals surface area contributed by atoms with Crippen molar-refractivity contribution in [3.8, 4) is 0 Å². The third kappa shape index (κ3) is 4.08. The van der Waals surface area contributed by atoms with Gasteiger partial charge in [-0.3, -0.25) is 0 Å². The maximum absolute atomic E-state index is 3.78. The maximum Gasteiger partial charge on any atom is 0.0175 e. The number of halogens is 1. The molecule has 0 heterocycles. The van der Waals surface area contributed by atoms with Gasteiger partial charge in [-0.15, -0.1) is 0 Å². The van der Waals surface area contributed by atoms with E-state index in [9.17, 15) is 0 Å². The van der Waals surface area contributed by atoms with Crippen LogP contribution in [-0.2, 0) is 0 Å². The molecule has 1 nitrogen and oxygen atoms in total. The fourth-order valence-electron chi connectivity index (χ4n) is 3.34. The molecule has 2 heteroatoms. The average molecular weight is 338 g/mol. The fraction of sp³-hybridized carbons (Fsp3) is 0.667. The lowest BCUT2D eigenvalue weighted by Crippen LogP contribution is -2.43. The lowest BCUT2D eigenvalue weighted by molar-refractivity contribution is 0.225. The summed E-state index contributed by atoms with van der Waals surface area (Å²) in [6, 6.07) is 9.56. The SMILES string of the molecule is CC(C)C(CNC1CC(c2ccc(Br)cc2)C1)C(C)C. The Morgan fingerprint density at radius 1 is 1.05 bits per heavy atom. The molecule has 1 aromatic rings. The summed E-state index contributed by atoms with van der Waals surface area (Å²) in [5.41, 5.74) is 1.50. The maximum atomic E-state index is 3.78. The Kier molecular flexibility index (Phi) is 5.68. The summed E-state index contributed by atoms with van der Waals surface area (Å²) in [6.07, 6.45) is 2.59. The number of rotatable bonds is 6. The highest BCUT2D eigenvalue weighted by Gasteiger charge is 2.30. The predicted octanol–water partition coefficient (Wildman–Crippen LogP) is 5.21. The van der Waals surface area contributed by atoms with Crippen molar-refractivity contribution in [3.05, 3.63) is 34.3 Å². The second-order valence-electron chi connectivity index (χ2n) is 6.98. The summed E-state index contributed by atoms with van der Waals surface area (Å²) in [4.78, 5) is 0. The van der Waals surface area contributed by atoms with Crippen molar-refractivity contribution in [2.75, 3.05) is 6.54 Å². The minimum absolute atomic E-state index is 0.726. The number of hydrogen-bond donors (Lipinski definition) is 1. The van der Waals surface area contributed by atoms with E-state index in [0.29, 0.717) is 0 Å². The minimum atomic E-state index is 0.726. The second kappa shape index (κ2) is 7.09. The van der Waals surface area contributed by atoms with Gasteiger partial charge in [0.15, 0.2) is 0 Å². The van der Waals surface area contributed by atoms with Gasteiger partial charge in [0.1, 0.15) is 0 Å². The Bertz CT molecular complexity index is 396. The van der Waals surface area contributed by atoms with Crippen molar-refractivity contribution in [3.63, 3.8) is 0 Å². The van der Waals surface area contributed by atoms with Crippen LogP contribution < -0.4 is 5.32 Å². The van der Waals surface area contributed by atoms with E-state index in [0.717, 1.165) is 29.7 Å². The zero-order valence-corrected chi connectivity index (χ0v) is 14.8. The molecule has 0 aliphatic heterocycles. The topological polar surface area (TPSA) is 12.0 Å². The fourth-order valence-corrected chi connectivity index (χ4v) is 3.60. The molecule has 20 heavy (non-hydrogen) atoms. The van der Waals surface area contributed by atoms with Gasteiger partial charge in [0.05, 0.1) is 0 Å². The molecule has 0 atom stereocenters. The van der Waals surface area contributed by atoms with Crippen LogP contribution in [0, 0.1) is 17.8 Å². The lowest BCUT2D eigenvalue weighted by atomic mass is 9.75. The highest BCUT2D eigenvalue weighted by Crippen LogP contribution is 2.37. The Balaban J connectivity index is 1.75. The van der Waals surface area contributed by atoms with Crippen LogP contribution in [0.4, 0.5) is 0 Å². The van der Waals surface area contributed by atoms with Gasteiger partial charge in [-0.1, -0.05) is 55.8 Å². The summed E-state index contributed by atoms with van der Waals surface area (Å²) in [7, 11) is 0. The van der Waals surface area contributed by atoms with Gasteiger partial charge < -0.3 is 5.32 Å². The van der Waals surface area contributed by atoms with Crippen LogP contribution in [0.5, 0.6) is 0 Å². The van der Waals surface area contributed by atoms with Gasteiger partial charge >= 0.3 is 0 Å². The van der Waals surface area contributed by atoms with Crippen LogP contribution >= 0.6 is 15.9 Å². The van der Waals surface area contributed by atoms with Crippen molar-refractivity contribution in [1.29, 1.82) is 0 Å². The van der Waals surface area contributed by atoms with Crippen molar-refractivity contribution < 1.29 is 0 Å². The van der Waals surface area contributed by atoms with Gasteiger partial charge in [0.25, 0.3) is 0 Å². The molecule has 0 aromatic heterocycles. The van der Waals surface area contributed by atoms with Gasteiger partial charge in [-0.05, 0) is 60.8 Å². The molecule has 2 rings (SSSR count). The Morgan fingerprint density at radius 2 is 1.60 bits per heavy atom. The smallest absolute Gasteiger partial charge is 0.0175 e. The first kappa shape index (κ1) is 16.0. The zero-order chi connectivity index (χ0) is 14.7. The average Bonchev–Trinajstić information content (AvgIpc) is 2.32. The molecule has 1 aliphatic carbocycles. The summed E-state index contributed by atoms with van der Waals surface area (Å²) < 4.78 is 1.17.